The van der Waals surface area contributed by atoms with Crippen molar-refractivity contribution in [1.29, 1.82) is 0 Å². The highest BCUT2D eigenvalue weighted by atomic mass is 19.1. The van der Waals surface area contributed by atoms with Gasteiger partial charge in [-0.05, 0) is 63.5 Å². The number of likely N-dealkylation sites (tertiary alicyclic amines) is 1. The molecule has 2 saturated heterocycles. The van der Waals surface area contributed by atoms with Gasteiger partial charge in [0, 0.05) is 11.7 Å². The molecule has 2 aliphatic rings. The van der Waals surface area contributed by atoms with E-state index in [0.717, 1.165) is 45.3 Å². The molecule has 0 spiro atoms. The number of piperidine rings is 1. The molecule has 0 aliphatic carbocycles. The molecule has 0 bridgehead atoms. The molecule has 3 rings (SSSR count). The highest BCUT2D eigenvalue weighted by Gasteiger charge is 2.35. The average Bonchev–Trinajstić information content (AvgIpc) is 2.98. The summed E-state index contributed by atoms with van der Waals surface area (Å²) >= 11 is 0. The number of hydrogen-bond donors (Lipinski definition) is 2. The maximum atomic E-state index is 13.2. The van der Waals surface area contributed by atoms with Crippen LogP contribution >= 0.6 is 0 Å². The minimum atomic E-state index is -0.325. The van der Waals surface area contributed by atoms with E-state index in [1.165, 1.54) is 12.1 Å². The van der Waals surface area contributed by atoms with E-state index in [9.17, 15) is 9.18 Å². The molecule has 1 aromatic rings. The zero-order chi connectivity index (χ0) is 14.7. The van der Waals surface area contributed by atoms with Crippen LogP contribution in [0.25, 0.3) is 0 Å². The van der Waals surface area contributed by atoms with E-state index in [2.05, 4.69) is 15.5 Å². The van der Waals surface area contributed by atoms with Crippen LogP contribution in [0.2, 0.25) is 0 Å². The van der Waals surface area contributed by atoms with Crippen molar-refractivity contribution in [2.45, 2.75) is 37.8 Å². The Balaban J connectivity index is 1.65. The Hall–Kier alpha value is -1.46. The predicted octanol–water partition coefficient (Wildman–Crippen LogP) is 1.98. The van der Waals surface area contributed by atoms with Crippen molar-refractivity contribution >= 4 is 11.6 Å². The first-order chi connectivity index (χ1) is 10.2. The molecule has 1 aromatic carbocycles. The predicted molar refractivity (Wildman–Crippen MR) is 80.6 cm³/mol. The monoisotopic (exact) mass is 291 g/mol. The number of halogens is 1. The van der Waals surface area contributed by atoms with Gasteiger partial charge in [0.25, 0.3) is 0 Å². The van der Waals surface area contributed by atoms with Crippen molar-refractivity contribution in [2.24, 2.45) is 0 Å². The second kappa shape index (κ2) is 6.54. The van der Waals surface area contributed by atoms with Crippen molar-refractivity contribution in [1.82, 2.24) is 10.2 Å². The van der Waals surface area contributed by atoms with Crippen LogP contribution in [0, 0.1) is 5.82 Å². The van der Waals surface area contributed by atoms with Gasteiger partial charge in [-0.25, -0.2) is 4.39 Å². The first kappa shape index (κ1) is 14.5. The summed E-state index contributed by atoms with van der Waals surface area (Å²) in [4.78, 5) is 14.8. The van der Waals surface area contributed by atoms with Crippen molar-refractivity contribution < 1.29 is 9.18 Å². The van der Waals surface area contributed by atoms with Gasteiger partial charge >= 0.3 is 0 Å². The van der Waals surface area contributed by atoms with E-state index < -0.39 is 0 Å². The van der Waals surface area contributed by atoms with Crippen molar-refractivity contribution in [3.63, 3.8) is 0 Å². The lowest BCUT2D eigenvalue weighted by Gasteiger charge is -2.35. The summed E-state index contributed by atoms with van der Waals surface area (Å²) in [6.45, 7) is 3.05. The van der Waals surface area contributed by atoms with Crippen molar-refractivity contribution in [2.75, 3.05) is 25.0 Å². The fourth-order valence-corrected chi connectivity index (χ4v) is 3.44. The Morgan fingerprint density at radius 3 is 2.86 bits per heavy atom. The molecule has 2 fully saturated rings. The Bertz CT molecular complexity index is 502. The quantitative estimate of drug-likeness (QED) is 0.895. The molecule has 114 valence electrons. The Morgan fingerprint density at radius 1 is 1.29 bits per heavy atom. The third-order valence-corrected chi connectivity index (χ3v) is 4.47. The molecule has 21 heavy (non-hydrogen) atoms. The summed E-state index contributed by atoms with van der Waals surface area (Å²) in [6.07, 6.45) is 4.16. The van der Waals surface area contributed by atoms with Crippen molar-refractivity contribution in [3.05, 3.63) is 30.1 Å². The maximum Gasteiger partial charge on any atom is 0.241 e. The van der Waals surface area contributed by atoms with Crippen LogP contribution in [-0.4, -0.2) is 42.5 Å². The molecule has 5 heteroatoms. The lowest BCUT2D eigenvalue weighted by molar-refractivity contribution is -0.121. The molecular formula is C16H22FN3O. The molecule has 2 N–H and O–H groups in total. The Labute approximate surface area is 124 Å². The normalized spacial score (nSPS) is 24.1. The van der Waals surface area contributed by atoms with E-state index in [1.807, 2.05) is 0 Å². The second-order valence-electron chi connectivity index (χ2n) is 5.88. The lowest BCUT2D eigenvalue weighted by atomic mass is 10.0. The minimum Gasteiger partial charge on any atom is -0.325 e. The zero-order valence-electron chi connectivity index (χ0n) is 12.1. The Morgan fingerprint density at radius 2 is 2.10 bits per heavy atom. The van der Waals surface area contributed by atoms with Crippen LogP contribution in [0.3, 0.4) is 0 Å². The SMILES string of the molecule is O=C(Nc1cccc(F)c1)C1CCCN1C1CCNCC1. The van der Waals surface area contributed by atoms with E-state index in [0.29, 0.717) is 11.7 Å². The van der Waals surface area contributed by atoms with Gasteiger partial charge < -0.3 is 10.6 Å². The molecule has 0 saturated carbocycles. The van der Waals surface area contributed by atoms with Gasteiger partial charge in [0.1, 0.15) is 5.82 Å². The molecule has 2 heterocycles. The first-order valence-corrected chi connectivity index (χ1v) is 7.77. The summed E-state index contributed by atoms with van der Waals surface area (Å²) < 4.78 is 13.2. The molecule has 2 aliphatic heterocycles. The molecule has 1 amide bonds. The number of rotatable bonds is 3. The van der Waals surface area contributed by atoms with Crippen LogP contribution in [0.1, 0.15) is 25.7 Å². The van der Waals surface area contributed by atoms with E-state index in [-0.39, 0.29) is 17.8 Å². The number of benzene rings is 1. The van der Waals surface area contributed by atoms with Crippen LogP contribution in [0.15, 0.2) is 24.3 Å². The van der Waals surface area contributed by atoms with Gasteiger partial charge in [-0.1, -0.05) is 6.07 Å². The van der Waals surface area contributed by atoms with Gasteiger partial charge in [0.05, 0.1) is 6.04 Å². The van der Waals surface area contributed by atoms with Gasteiger partial charge in [-0.15, -0.1) is 0 Å². The summed E-state index contributed by atoms with van der Waals surface area (Å²) in [5, 5.41) is 6.22. The zero-order valence-corrected chi connectivity index (χ0v) is 12.1. The highest BCUT2D eigenvalue weighted by molar-refractivity contribution is 5.95. The number of carbonyl (C=O) groups excluding carboxylic acids is 1. The average molecular weight is 291 g/mol. The summed E-state index contributed by atoms with van der Waals surface area (Å²) in [5.41, 5.74) is 0.539. The van der Waals surface area contributed by atoms with Gasteiger partial charge in [0.2, 0.25) is 5.91 Å². The number of hydrogen-bond acceptors (Lipinski definition) is 3. The lowest BCUT2D eigenvalue weighted by Crippen LogP contribution is -2.49. The number of anilines is 1. The summed E-state index contributed by atoms with van der Waals surface area (Å²) in [7, 11) is 0. The summed E-state index contributed by atoms with van der Waals surface area (Å²) in [5.74, 6) is -0.328. The third-order valence-electron chi connectivity index (χ3n) is 4.47. The standard InChI is InChI=1S/C16H22FN3O/c17-12-3-1-4-13(11-12)19-16(21)15-5-2-10-20(15)14-6-8-18-9-7-14/h1,3-4,11,14-15,18H,2,5-10H2,(H,19,21). The van der Waals surface area contributed by atoms with Gasteiger partial charge in [-0.2, -0.15) is 0 Å². The Kier molecular flexibility index (Phi) is 4.51. The maximum absolute atomic E-state index is 13.2. The molecule has 1 unspecified atom stereocenters. The molecule has 1 atom stereocenters. The van der Waals surface area contributed by atoms with Gasteiger partial charge in [-0.3, -0.25) is 9.69 Å². The molecule has 0 radical (unpaired) electrons. The number of nitrogens with zero attached hydrogens (tertiary/aromatic N) is 1. The third kappa shape index (κ3) is 3.41. The van der Waals surface area contributed by atoms with E-state index in [1.54, 1.807) is 12.1 Å². The highest BCUT2D eigenvalue weighted by Crippen LogP contribution is 2.25. The smallest absolute Gasteiger partial charge is 0.241 e. The van der Waals surface area contributed by atoms with Crippen molar-refractivity contribution in [3.8, 4) is 0 Å². The van der Waals surface area contributed by atoms with Crippen LogP contribution < -0.4 is 10.6 Å². The minimum absolute atomic E-state index is 0.00312. The molecule has 0 aromatic heterocycles. The van der Waals surface area contributed by atoms with E-state index >= 15 is 0 Å². The number of carbonyl (C=O) groups is 1. The number of nitrogens with one attached hydrogen (secondary N) is 2. The largest absolute Gasteiger partial charge is 0.325 e. The number of amides is 1. The summed E-state index contributed by atoms with van der Waals surface area (Å²) in [6, 6.07) is 6.51. The van der Waals surface area contributed by atoms with Crippen LogP contribution in [0.4, 0.5) is 10.1 Å². The van der Waals surface area contributed by atoms with Crippen LogP contribution in [-0.2, 0) is 4.79 Å². The fraction of sp³-hybridized carbons (Fsp3) is 0.562. The van der Waals surface area contributed by atoms with E-state index in [4.69, 9.17) is 0 Å². The van der Waals surface area contributed by atoms with Crippen LogP contribution in [0.5, 0.6) is 0 Å². The topological polar surface area (TPSA) is 44.4 Å². The molecule has 4 nitrogen and oxygen atoms in total. The fourth-order valence-electron chi connectivity index (χ4n) is 3.44. The van der Waals surface area contributed by atoms with Gasteiger partial charge in [0.15, 0.2) is 0 Å². The second-order valence-corrected chi connectivity index (χ2v) is 5.88. The first-order valence-electron chi connectivity index (χ1n) is 7.77. The molecular weight excluding hydrogens is 269 g/mol.